The topological polar surface area (TPSA) is 52.5 Å². The zero-order valence-corrected chi connectivity index (χ0v) is 16.4. The molecule has 0 bridgehead atoms. The fourth-order valence-electron chi connectivity index (χ4n) is 4.51. The Morgan fingerprint density at radius 3 is 2.54 bits per heavy atom. The van der Waals surface area contributed by atoms with E-state index in [1.165, 1.54) is 18.4 Å². The van der Waals surface area contributed by atoms with Crippen molar-refractivity contribution >= 4 is 15.9 Å². The maximum Gasteiger partial charge on any atom is 0.115 e. The first-order chi connectivity index (χ1) is 12.8. The quantitative estimate of drug-likeness (QED) is 0.829. The van der Waals surface area contributed by atoms with Crippen LogP contribution in [0.4, 0.5) is 0 Å². The molecular weight excluding hydrogens is 392 g/mol. The molecule has 2 aliphatic heterocycles. The van der Waals surface area contributed by atoms with Gasteiger partial charge < -0.3 is 5.11 Å². The Kier molecular flexibility index (Phi) is 5.64. The van der Waals surface area contributed by atoms with Crippen LogP contribution in [-0.4, -0.2) is 63.2 Å². The van der Waals surface area contributed by atoms with E-state index in [1.54, 1.807) is 6.33 Å². The number of aliphatic hydroxyl groups excluding tert-OH is 1. The lowest BCUT2D eigenvalue weighted by Gasteiger charge is -2.57. The summed E-state index contributed by atoms with van der Waals surface area (Å²) in [7, 11) is 0. The summed E-state index contributed by atoms with van der Waals surface area (Å²) in [6, 6.07) is 9.30. The zero-order chi connectivity index (χ0) is 17.9. The first-order valence-electron chi connectivity index (χ1n) is 9.34. The lowest BCUT2D eigenvalue weighted by molar-refractivity contribution is -0.0655. The average Bonchev–Trinajstić information content (AvgIpc) is 2.65. The molecule has 1 aromatic carbocycles. The van der Waals surface area contributed by atoms with Crippen LogP contribution in [0.1, 0.15) is 29.9 Å². The van der Waals surface area contributed by atoms with Gasteiger partial charge >= 0.3 is 0 Å². The van der Waals surface area contributed by atoms with Crippen LogP contribution in [-0.2, 0) is 6.54 Å². The van der Waals surface area contributed by atoms with Crippen molar-refractivity contribution in [1.29, 1.82) is 0 Å². The van der Waals surface area contributed by atoms with E-state index in [2.05, 4.69) is 60.0 Å². The number of nitrogens with zero attached hydrogens (tertiary/aromatic N) is 4. The number of aromatic nitrogens is 2. The molecule has 0 spiro atoms. The minimum absolute atomic E-state index is 0.226. The van der Waals surface area contributed by atoms with Crippen molar-refractivity contribution in [2.24, 2.45) is 0 Å². The highest BCUT2D eigenvalue weighted by Crippen LogP contribution is 2.42. The van der Waals surface area contributed by atoms with Crippen molar-refractivity contribution in [2.45, 2.75) is 37.4 Å². The van der Waals surface area contributed by atoms with E-state index in [-0.39, 0.29) is 12.6 Å². The Morgan fingerprint density at radius 1 is 1.08 bits per heavy atom. The van der Waals surface area contributed by atoms with Gasteiger partial charge in [0.25, 0.3) is 0 Å². The predicted octanol–water partition coefficient (Wildman–Crippen LogP) is 2.66. The highest BCUT2D eigenvalue weighted by Gasteiger charge is 2.48. The lowest BCUT2D eigenvalue weighted by Crippen LogP contribution is -2.67. The number of benzene rings is 1. The molecule has 0 amide bonds. The second-order valence-electron chi connectivity index (χ2n) is 7.32. The molecule has 3 heterocycles. The van der Waals surface area contributed by atoms with E-state index in [1.807, 2.05) is 12.4 Å². The zero-order valence-electron chi connectivity index (χ0n) is 14.8. The van der Waals surface area contributed by atoms with Crippen molar-refractivity contribution in [1.82, 2.24) is 19.8 Å². The molecule has 138 valence electrons. The van der Waals surface area contributed by atoms with Crippen molar-refractivity contribution in [3.8, 4) is 0 Å². The lowest BCUT2D eigenvalue weighted by atomic mass is 9.74. The van der Waals surface area contributed by atoms with E-state index >= 15 is 0 Å². The summed E-state index contributed by atoms with van der Waals surface area (Å²) in [5.41, 5.74) is 2.50. The summed E-state index contributed by atoms with van der Waals surface area (Å²) in [6.45, 7) is 4.33. The molecule has 0 unspecified atom stereocenters. The molecule has 26 heavy (non-hydrogen) atoms. The number of halogens is 1. The van der Waals surface area contributed by atoms with E-state index < -0.39 is 0 Å². The summed E-state index contributed by atoms with van der Waals surface area (Å²) >= 11 is 3.53. The molecule has 0 saturated carbocycles. The van der Waals surface area contributed by atoms with Gasteiger partial charge in [-0.2, -0.15) is 0 Å². The SMILES string of the molecule is OC[C@@H]1[C@@H](c2ccc(Br)cc2)[C@H]2CN(Cc3cncnc3)CCCCN12. The molecular formula is C20H25BrN4O. The summed E-state index contributed by atoms with van der Waals surface area (Å²) in [5, 5.41) is 9.99. The standard InChI is InChI=1S/C20H25BrN4O/c21-17-5-3-16(4-6-17)20-18-12-24(11-15-9-22-14-23-10-15)7-1-2-8-25(18)19(20)13-26/h3-6,9-10,14,18-20,26H,1-2,7-8,11-13H2/t18-,19-,20+/m1/s1. The smallest absolute Gasteiger partial charge is 0.115 e. The van der Waals surface area contributed by atoms with Gasteiger partial charge in [-0.05, 0) is 43.6 Å². The van der Waals surface area contributed by atoms with Gasteiger partial charge in [-0.15, -0.1) is 0 Å². The van der Waals surface area contributed by atoms with E-state index in [4.69, 9.17) is 0 Å². The highest BCUT2D eigenvalue weighted by atomic mass is 79.9. The molecule has 2 saturated heterocycles. The Morgan fingerprint density at radius 2 is 1.81 bits per heavy atom. The molecule has 5 nitrogen and oxygen atoms in total. The highest BCUT2D eigenvalue weighted by molar-refractivity contribution is 9.10. The van der Waals surface area contributed by atoms with Crippen LogP contribution < -0.4 is 0 Å². The number of fused-ring (bicyclic) bond motifs is 1. The number of aliphatic hydroxyl groups is 1. The summed E-state index contributed by atoms with van der Waals surface area (Å²) in [4.78, 5) is 13.3. The Balaban J connectivity index is 1.54. The maximum atomic E-state index is 9.99. The van der Waals surface area contributed by atoms with Gasteiger partial charge in [0, 0.05) is 53.5 Å². The molecule has 1 N–H and O–H groups in total. The van der Waals surface area contributed by atoms with Gasteiger partial charge in [-0.1, -0.05) is 28.1 Å². The monoisotopic (exact) mass is 416 g/mol. The molecule has 0 radical (unpaired) electrons. The van der Waals surface area contributed by atoms with Gasteiger partial charge in [0.2, 0.25) is 0 Å². The number of hydrogen-bond acceptors (Lipinski definition) is 5. The van der Waals surface area contributed by atoms with Gasteiger partial charge in [-0.25, -0.2) is 9.97 Å². The Bertz CT molecular complexity index is 712. The normalized spacial score (nSPS) is 27.2. The van der Waals surface area contributed by atoms with E-state index in [9.17, 15) is 5.11 Å². The van der Waals surface area contributed by atoms with Crippen LogP contribution in [0.15, 0.2) is 47.5 Å². The maximum absolute atomic E-state index is 9.99. The molecule has 0 aliphatic carbocycles. The van der Waals surface area contributed by atoms with Crippen molar-refractivity contribution in [2.75, 3.05) is 26.2 Å². The predicted molar refractivity (Wildman–Crippen MR) is 105 cm³/mol. The molecule has 1 aromatic heterocycles. The largest absolute Gasteiger partial charge is 0.395 e. The fourth-order valence-corrected chi connectivity index (χ4v) is 4.77. The summed E-state index contributed by atoms with van der Waals surface area (Å²) in [5.74, 6) is 0.390. The van der Waals surface area contributed by atoms with Gasteiger partial charge in [-0.3, -0.25) is 9.80 Å². The van der Waals surface area contributed by atoms with E-state index in [0.29, 0.717) is 12.0 Å². The number of rotatable bonds is 4. The van der Waals surface area contributed by atoms with Crippen LogP contribution in [0, 0.1) is 0 Å². The molecule has 2 aliphatic rings. The van der Waals surface area contributed by atoms with Crippen molar-refractivity contribution < 1.29 is 5.11 Å². The second-order valence-corrected chi connectivity index (χ2v) is 8.24. The van der Waals surface area contributed by atoms with Crippen LogP contribution >= 0.6 is 15.9 Å². The Labute approximate surface area is 163 Å². The van der Waals surface area contributed by atoms with Crippen LogP contribution in [0.3, 0.4) is 0 Å². The Hall–Kier alpha value is -1.34. The van der Waals surface area contributed by atoms with Crippen molar-refractivity contribution in [3.05, 3.63) is 58.6 Å². The second kappa shape index (κ2) is 8.13. The van der Waals surface area contributed by atoms with Gasteiger partial charge in [0.15, 0.2) is 0 Å². The van der Waals surface area contributed by atoms with Gasteiger partial charge in [0.05, 0.1) is 6.61 Å². The minimum atomic E-state index is 0.226. The first-order valence-corrected chi connectivity index (χ1v) is 10.1. The van der Waals surface area contributed by atoms with Gasteiger partial charge in [0.1, 0.15) is 6.33 Å². The molecule has 2 fully saturated rings. The number of hydrogen-bond donors (Lipinski definition) is 1. The third-order valence-electron chi connectivity index (χ3n) is 5.73. The van der Waals surface area contributed by atoms with Crippen LogP contribution in [0.25, 0.3) is 0 Å². The molecule has 2 aromatic rings. The molecule has 4 rings (SSSR count). The first kappa shape index (κ1) is 18.0. The average molecular weight is 417 g/mol. The van der Waals surface area contributed by atoms with Crippen molar-refractivity contribution in [3.63, 3.8) is 0 Å². The van der Waals surface area contributed by atoms with Crippen LogP contribution in [0.2, 0.25) is 0 Å². The minimum Gasteiger partial charge on any atom is -0.395 e. The summed E-state index contributed by atoms with van der Waals surface area (Å²) in [6.07, 6.45) is 7.78. The third-order valence-corrected chi connectivity index (χ3v) is 6.26. The van der Waals surface area contributed by atoms with E-state index in [0.717, 1.165) is 36.2 Å². The fraction of sp³-hybridized carbons (Fsp3) is 0.500. The molecule has 3 atom stereocenters. The molecule has 6 heteroatoms. The van der Waals surface area contributed by atoms with Crippen LogP contribution in [0.5, 0.6) is 0 Å². The summed E-state index contributed by atoms with van der Waals surface area (Å²) < 4.78 is 1.10. The third kappa shape index (κ3) is 3.69.